The topological polar surface area (TPSA) is 72.2 Å². The Bertz CT molecular complexity index is 1370. The first-order valence-corrected chi connectivity index (χ1v) is 12.9. The Kier molecular flexibility index (Phi) is 7.91. The molecule has 0 atom stereocenters. The first kappa shape index (κ1) is 25.7. The van der Waals surface area contributed by atoms with Gasteiger partial charge < -0.3 is 0 Å². The van der Waals surface area contributed by atoms with E-state index >= 15 is 0 Å². The largest absolute Gasteiger partial charge is 0.272 e. The predicted octanol–water partition coefficient (Wildman–Crippen LogP) is 6.44. The van der Waals surface area contributed by atoms with Gasteiger partial charge in [-0.25, -0.2) is 5.43 Å². The van der Waals surface area contributed by atoms with Crippen LogP contribution in [0, 0.1) is 6.92 Å². The van der Waals surface area contributed by atoms with Crippen LogP contribution in [0.15, 0.2) is 83.1 Å². The van der Waals surface area contributed by atoms with Crippen LogP contribution in [0.4, 0.5) is 0 Å². The number of aryl methyl sites for hydroxylation is 1. The molecule has 0 bridgehead atoms. The first-order valence-electron chi connectivity index (χ1n) is 11.5. The molecule has 0 aliphatic heterocycles. The summed E-state index contributed by atoms with van der Waals surface area (Å²) in [6.45, 7) is 8.62. The van der Waals surface area contributed by atoms with Gasteiger partial charge in [0, 0.05) is 16.3 Å². The second kappa shape index (κ2) is 11.1. The fourth-order valence-corrected chi connectivity index (χ4v) is 4.47. The second-order valence-electron chi connectivity index (χ2n) is 9.44. The summed E-state index contributed by atoms with van der Waals surface area (Å²) in [5.74, 6) is 0.619. The third-order valence-electron chi connectivity index (χ3n) is 5.52. The van der Waals surface area contributed by atoms with Gasteiger partial charge in [0.1, 0.15) is 0 Å². The lowest BCUT2D eigenvalue weighted by atomic mass is 9.87. The number of hydrogen-bond donors (Lipinski definition) is 1. The Balaban J connectivity index is 1.54. The number of nitrogens with zero attached hydrogens (tertiary/aromatic N) is 4. The highest BCUT2D eigenvalue weighted by Crippen LogP contribution is 2.30. The Morgan fingerprint density at radius 3 is 2.44 bits per heavy atom. The quantitative estimate of drug-likeness (QED) is 0.174. The van der Waals surface area contributed by atoms with E-state index in [1.54, 1.807) is 18.3 Å². The van der Waals surface area contributed by atoms with Crippen molar-refractivity contribution in [3.05, 3.63) is 94.5 Å². The molecule has 1 heterocycles. The van der Waals surface area contributed by atoms with Gasteiger partial charge in [0.05, 0.1) is 12.0 Å². The van der Waals surface area contributed by atoms with Gasteiger partial charge in [-0.2, -0.15) is 5.10 Å². The zero-order valence-corrected chi connectivity index (χ0v) is 22.3. The summed E-state index contributed by atoms with van der Waals surface area (Å²) in [7, 11) is 0. The third-order valence-corrected chi connectivity index (χ3v) is 6.68. The monoisotopic (exact) mass is 517 g/mol. The van der Waals surface area contributed by atoms with Gasteiger partial charge in [-0.3, -0.25) is 9.36 Å². The summed E-state index contributed by atoms with van der Waals surface area (Å²) >= 11 is 7.29. The van der Waals surface area contributed by atoms with E-state index in [4.69, 9.17) is 11.6 Å². The number of amides is 1. The van der Waals surface area contributed by atoms with Crippen LogP contribution in [0.1, 0.15) is 37.5 Å². The van der Waals surface area contributed by atoms with Crippen LogP contribution in [0.25, 0.3) is 17.1 Å². The minimum absolute atomic E-state index is 0.0623. The number of hydrazone groups is 1. The van der Waals surface area contributed by atoms with Gasteiger partial charge in [-0.1, -0.05) is 98.2 Å². The maximum atomic E-state index is 12.4. The molecule has 0 saturated carbocycles. The Morgan fingerprint density at radius 1 is 1.06 bits per heavy atom. The van der Waals surface area contributed by atoms with Crippen molar-refractivity contribution < 1.29 is 4.79 Å². The zero-order valence-electron chi connectivity index (χ0n) is 20.7. The molecule has 6 nitrogen and oxygen atoms in total. The number of carbonyl (C=O) groups excluding carboxylic acids is 1. The van der Waals surface area contributed by atoms with E-state index in [2.05, 4.69) is 65.8 Å². The van der Waals surface area contributed by atoms with Crippen LogP contribution >= 0.6 is 23.4 Å². The van der Waals surface area contributed by atoms with Crippen LogP contribution in [0.3, 0.4) is 0 Å². The molecule has 0 aliphatic carbocycles. The van der Waals surface area contributed by atoms with E-state index in [0.717, 1.165) is 28.2 Å². The molecular weight excluding hydrogens is 490 g/mol. The van der Waals surface area contributed by atoms with E-state index in [9.17, 15) is 4.79 Å². The summed E-state index contributed by atoms with van der Waals surface area (Å²) in [6.07, 6.45) is 1.56. The Morgan fingerprint density at radius 2 is 1.78 bits per heavy atom. The normalized spacial score (nSPS) is 11.7. The maximum absolute atomic E-state index is 12.4. The number of hydrogen-bond acceptors (Lipinski definition) is 5. The Hall–Kier alpha value is -3.42. The van der Waals surface area contributed by atoms with Crippen LogP contribution in [0.5, 0.6) is 0 Å². The van der Waals surface area contributed by atoms with Gasteiger partial charge in [0.25, 0.3) is 5.91 Å². The minimum atomic E-state index is -0.243. The second-order valence-corrected chi connectivity index (χ2v) is 10.8. The molecule has 4 rings (SSSR count). The van der Waals surface area contributed by atoms with Crippen molar-refractivity contribution in [3.63, 3.8) is 0 Å². The lowest BCUT2D eigenvalue weighted by Crippen LogP contribution is -2.20. The van der Waals surface area contributed by atoms with E-state index in [0.29, 0.717) is 10.2 Å². The van der Waals surface area contributed by atoms with Crippen LogP contribution < -0.4 is 5.43 Å². The number of thioether (sulfide) groups is 1. The van der Waals surface area contributed by atoms with Gasteiger partial charge in [0.2, 0.25) is 0 Å². The van der Waals surface area contributed by atoms with Crippen molar-refractivity contribution in [1.82, 2.24) is 20.2 Å². The minimum Gasteiger partial charge on any atom is -0.272 e. The van der Waals surface area contributed by atoms with Crippen molar-refractivity contribution in [2.75, 3.05) is 5.75 Å². The number of halogens is 1. The highest BCUT2D eigenvalue weighted by Gasteiger charge is 2.19. The number of benzene rings is 3. The van der Waals surface area contributed by atoms with E-state index in [1.807, 2.05) is 47.9 Å². The lowest BCUT2D eigenvalue weighted by Gasteiger charge is -2.19. The predicted molar refractivity (Wildman–Crippen MR) is 148 cm³/mol. The molecule has 0 unspecified atom stereocenters. The molecule has 3 aromatic carbocycles. The molecular formula is C28H28ClN5OS. The smallest absolute Gasteiger partial charge is 0.250 e. The summed E-state index contributed by atoms with van der Waals surface area (Å²) in [5, 5.41) is 14.2. The van der Waals surface area contributed by atoms with Crippen LogP contribution in [-0.2, 0) is 10.2 Å². The molecule has 36 heavy (non-hydrogen) atoms. The lowest BCUT2D eigenvalue weighted by molar-refractivity contribution is -0.118. The first-order chi connectivity index (χ1) is 17.2. The van der Waals surface area contributed by atoms with Crippen molar-refractivity contribution in [2.45, 2.75) is 38.3 Å². The standard InChI is InChI=1S/C28H28ClN5OS/c1-19-8-14-24(15-9-19)34-26(21-10-12-22(13-11-21)28(2,3)4)32-33-27(34)36-18-25(35)31-30-17-20-6-5-7-23(29)16-20/h5-17H,18H2,1-4H3,(H,31,35). The summed E-state index contributed by atoms with van der Waals surface area (Å²) in [6, 6.07) is 23.8. The molecule has 0 saturated heterocycles. The van der Waals surface area contributed by atoms with Crippen LogP contribution in [0.2, 0.25) is 5.02 Å². The molecule has 0 spiro atoms. The fraction of sp³-hybridized carbons (Fsp3) is 0.214. The average molecular weight is 518 g/mol. The van der Waals surface area contributed by atoms with Gasteiger partial charge in [-0.05, 0) is 47.7 Å². The van der Waals surface area contributed by atoms with E-state index in [1.165, 1.54) is 17.3 Å². The molecule has 1 aromatic heterocycles. The average Bonchev–Trinajstić information content (AvgIpc) is 3.27. The zero-order chi connectivity index (χ0) is 25.7. The molecule has 8 heteroatoms. The van der Waals surface area contributed by atoms with E-state index in [-0.39, 0.29) is 17.1 Å². The molecule has 0 radical (unpaired) electrons. The van der Waals surface area contributed by atoms with Gasteiger partial charge >= 0.3 is 0 Å². The molecule has 1 N–H and O–H groups in total. The maximum Gasteiger partial charge on any atom is 0.250 e. The van der Waals surface area contributed by atoms with E-state index < -0.39 is 0 Å². The van der Waals surface area contributed by atoms with Crippen molar-refractivity contribution in [3.8, 4) is 17.1 Å². The highest BCUT2D eigenvalue weighted by atomic mass is 35.5. The highest BCUT2D eigenvalue weighted by molar-refractivity contribution is 7.99. The molecule has 1 amide bonds. The number of nitrogens with one attached hydrogen (secondary N) is 1. The Labute approximate surface area is 220 Å². The number of aromatic nitrogens is 3. The molecule has 184 valence electrons. The van der Waals surface area contributed by atoms with Crippen molar-refractivity contribution in [2.24, 2.45) is 5.10 Å². The van der Waals surface area contributed by atoms with Gasteiger partial charge in [0.15, 0.2) is 11.0 Å². The van der Waals surface area contributed by atoms with Crippen molar-refractivity contribution in [1.29, 1.82) is 0 Å². The van der Waals surface area contributed by atoms with Crippen LogP contribution in [-0.4, -0.2) is 32.6 Å². The van der Waals surface area contributed by atoms with Gasteiger partial charge in [-0.15, -0.1) is 10.2 Å². The summed E-state index contributed by atoms with van der Waals surface area (Å²) < 4.78 is 1.98. The summed E-state index contributed by atoms with van der Waals surface area (Å²) in [4.78, 5) is 12.4. The number of carbonyl (C=O) groups is 1. The molecule has 0 fully saturated rings. The number of rotatable bonds is 7. The van der Waals surface area contributed by atoms with Crippen molar-refractivity contribution >= 4 is 35.5 Å². The fourth-order valence-electron chi connectivity index (χ4n) is 3.52. The SMILES string of the molecule is Cc1ccc(-n2c(SCC(=O)NN=Cc3cccc(Cl)c3)nnc2-c2ccc(C(C)(C)C)cc2)cc1. The summed E-state index contributed by atoms with van der Waals surface area (Å²) in [5.41, 5.74) is 7.72. The third kappa shape index (κ3) is 6.42. The molecule has 4 aromatic rings. The molecule has 0 aliphatic rings.